The van der Waals surface area contributed by atoms with Crippen molar-refractivity contribution in [3.63, 3.8) is 0 Å². The third kappa shape index (κ3) is 10.6. The Morgan fingerprint density at radius 1 is 0.953 bits per heavy atom. The minimum atomic E-state index is -4.57. The van der Waals surface area contributed by atoms with Crippen LogP contribution in [0.4, 0.5) is 17.1 Å². The number of amides is 1. The largest absolute Gasteiger partial charge is 0.456 e. The molecular formula is C48H56ClN7O7S. The minimum absolute atomic E-state index is 0.0153. The Morgan fingerprint density at radius 2 is 1.72 bits per heavy atom. The van der Waals surface area contributed by atoms with Gasteiger partial charge in [-0.3, -0.25) is 19.8 Å². The first-order valence-electron chi connectivity index (χ1n) is 22.0. The number of nitrogens with zero attached hydrogens (tertiary/aromatic N) is 4. The van der Waals surface area contributed by atoms with E-state index < -0.39 is 31.4 Å². The second kappa shape index (κ2) is 19.3. The Balaban J connectivity index is 0.995. The zero-order chi connectivity index (χ0) is 45.0. The van der Waals surface area contributed by atoms with Crippen molar-refractivity contribution in [2.24, 2.45) is 5.41 Å². The van der Waals surface area contributed by atoms with Gasteiger partial charge in [-0.05, 0) is 110 Å². The van der Waals surface area contributed by atoms with E-state index in [-0.39, 0.29) is 35.1 Å². The van der Waals surface area contributed by atoms with Gasteiger partial charge in [-0.25, -0.2) is 13.1 Å². The van der Waals surface area contributed by atoms with Crippen LogP contribution in [0.15, 0.2) is 102 Å². The molecule has 0 bridgehead atoms. The number of nitrogens with one attached hydrogen (secondary N) is 3. The van der Waals surface area contributed by atoms with E-state index in [4.69, 9.17) is 21.4 Å². The summed E-state index contributed by atoms with van der Waals surface area (Å²) in [4.78, 5) is 35.4. The zero-order valence-corrected chi connectivity index (χ0v) is 37.9. The number of ether oxygens (including phenoxy) is 1. The van der Waals surface area contributed by atoms with Gasteiger partial charge in [0.1, 0.15) is 17.2 Å². The van der Waals surface area contributed by atoms with Crippen LogP contribution < -0.4 is 19.7 Å². The molecule has 8 rings (SSSR count). The summed E-state index contributed by atoms with van der Waals surface area (Å²) in [5, 5.41) is 26.1. The molecule has 2 fully saturated rings. The fourth-order valence-corrected chi connectivity index (χ4v) is 10.3. The Labute approximate surface area is 379 Å². The quantitative estimate of drug-likeness (QED) is 0.0585. The van der Waals surface area contributed by atoms with Gasteiger partial charge in [0, 0.05) is 105 Å². The highest BCUT2D eigenvalue weighted by molar-refractivity contribution is 7.90. The molecule has 16 heteroatoms. The first-order chi connectivity index (χ1) is 30.7. The Morgan fingerprint density at radius 3 is 2.45 bits per heavy atom. The number of H-pyrrole nitrogens is 1. The summed E-state index contributed by atoms with van der Waals surface area (Å²) in [6, 6.07) is 24.3. The van der Waals surface area contributed by atoms with Crippen molar-refractivity contribution in [2.45, 2.75) is 63.3 Å². The fourth-order valence-electron chi connectivity index (χ4n) is 9.14. The summed E-state index contributed by atoms with van der Waals surface area (Å²) < 4.78 is 36.2. The lowest BCUT2D eigenvalue weighted by Crippen LogP contribution is -2.47. The van der Waals surface area contributed by atoms with E-state index in [0.29, 0.717) is 12.2 Å². The van der Waals surface area contributed by atoms with Crippen molar-refractivity contribution in [2.75, 3.05) is 69.2 Å². The monoisotopic (exact) mass is 909 g/mol. The van der Waals surface area contributed by atoms with E-state index in [9.17, 15) is 23.3 Å². The van der Waals surface area contributed by atoms with Gasteiger partial charge in [-0.1, -0.05) is 49.2 Å². The number of aromatic amines is 1. The normalized spacial score (nSPS) is 17.7. The summed E-state index contributed by atoms with van der Waals surface area (Å²) in [5.74, 6) is -0.296. The van der Waals surface area contributed by atoms with Gasteiger partial charge < -0.3 is 29.9 Å². The number of piperidine rings is 1. The standard InChI is InChI=1S/C48H56ClN7O7S/c1-48(2)19-15-34(41(31-48)33-7-9-35(49)10-8-33)32-54-24-26-55(27-25-54)37-11-13-40(46(29-37)63-45-6-3-5-42-39(45)16-20-50-42)47(58)52-64(61,62)38-12-14-43(44(30-38)56(59)60)51-36-17-22-53(23-18-36)21-4-28-57/h3,5-14,16,20,29-30,36,50-51,57H,4,15,17-19,21-28,31-32H2,1-2H3,(H,52,58). The van der Waals surface area contributed by atoms with Crippen LogP contribution in [0.2, 0.25) is 5.02 Å². The molecule has 64 heavy (non-hydrogen) atoms. The van der Waals surface area contributed by atoms with Crippen LogP contribution >= 0.6 is 11.6 Å². The molecule has 338 valence electrons. The second-order valence-electron chi connectivity index (χ2n) is 17.9. The molecule has 0 unspecified atom stereocenters. The van der Waals surface area contributed by atoms with Gasteiger partial charge in [0.15, 0.2) is 0 Å². The Hall–Kier alpha value is -5.45. The fraction of sp³-hybridized carbons (Fsp3) is 0.396. The number of hydrogen-bond acceptors (Lipinski definition) is 11. The summed E-state index contributed by atoms with van der Waals surface area (Å²) in [7, 11) is -4.57. The highest BCUT2D eigenvalue weighted by Crippen LogP contribution is 2.44. The Bertz CT molecular complexity index is 2630. The number of nitro groups is 1. The van der Waals surface area contributed by atoms with E-state index in [2.05, 4.69) is 55.7 Å². The van der Waals surface area contributed by atoms with Crippen molar-refractivity contribution in [1.82, 2.24) is 19.5 Å². The van der Waals surface area contributed by atoms with Crippen molar-refractivity contribution in [3.8, 4) is 11.5 Å². The number of fused-ring (bicyclic) bond motifs is 1. The van der Waals surface area contributed by atoms with Gasteiger partial charge in [0.05, 0.1) is 15.4 Å². The van der Waals surface area contributed by atoms with Crippen molar-refractivity contribution < 1.29 is 28.0 Å². The van der Waals surface area contributed by atoms with Crippen LogP contribution in [-0.2, 0) is 10.0 Å². The molecule has 3 heterocycles. The van der Waals surface area contributed by atoms with E-state index in [1.807, 2.05) is 30.3 Å². The van der Waals surface area contributed by atoms with Crippen LogP contribution in [0.1, 0.15) is 68.3 Å². The molecule has 0 radical (unpaired) electrons. The first kappa shape index (κ1) is 45.1. The number of aliphatic hydroxyl groups is 1. The van der Waals surface area contributed by atoms with Gasteiger partial charge in [-0.15, -0.1) is 0 Å². The number of aliphatic hydroxyl groups excluding tert-OH is 1. The SMILES string of the molecule is CC1(C)CCC(CN2CCN(c3ccc(C(=O)NS(=O)(=O)c4ccc(NC5CCN(CCCO)CC5)c([N+](=O)[O-])c4)c(Oc4cccc5[nH]ccc45)c3)CC2)=C(c2ccc(Cl)cc2)C1. The molecule has 1 aromatic heterocycles. The summed E-state index contributed by atoms with van der Waals surface area (Å²) in [6.07, 6.45) is 7.15. The first-order valence-corrected chi connectivity index (χ1v) is 23.9. The predicted molar refractivity (Wildman–Crippen MR) is 252 cm³/mol. The van der Waals surface area contributed by atoms with E-state index >= 15 is 0 Å². The number of carbonyl (C=O) groups excluding carboxylic acids is 1. The number of benzene rings is 4. The number of hydrogen-bond donors (Lipinski definition) is 4. The highest BCUT2D eigenvalue weighted by atomic mass is 35.5. The number of anilines is 2. The molecule has 2 aliphatic heterocycles. The number of sulfonamides is 1. The molecule has 4 N–H and O–H groups in total. The number of aromatic nitrogens is 1. The second-order valence-corrected chi connectivity index (χ2v) is 20.0. The lowest BCUT2D eigenvalue weighted by molar-refractivity contribution is -0.384. The molecule has 3 aliphatic rings. The molecule has 4 aromatic carbocycles. The summed E-state index contributed by atoms with van der Waals surface area (Å²) in [5.41, 5.74) is 5.77. The molecule has 1 aliphatic carbocycles. The molecule has 1 amide bonds. The van der Waals surface area contributed by atoms with E-state index in [0.717, 1.165) is 112 Å². The van der Waals surface area contributed by atoms with E-state index in [1.165, 1.54) is 28.8 Å². The van der Waals surface area contributed by atoms with E-state index in [1.54, 1.807) is 30.5 Å². The highest BCUT2D eigenvalue weighted by Gasteiger charge is 2.31. The maximum atomic E-state index is 14.0. The third-order valence-corrected chi connectivity index (χ3v) is 14.4. The average molecular weight is 911 g/mol. The van der Waals surface area contributed by atoms with Crippen LogP contribution in [0.5, 0.6) is 11.5 Å². The van der Waals surface area contributed by atoms with Crippen LogP contribution in [-0.4, -0.2) is 104 Å². The summed E-state index contributed by atoms with van der Waals surface area (Å²) in [6.45, 7) is 11.1. The molecule has 5 aromatic rings. The van der Waals surface area contributed by atoms with Crippen LogP contribution in [0.3, 0.4) is 0 Å². The van der Waals surface area contributed by atoms with Crippen molar-refractivity contribution in [3.05, 3.63) is 123 Å². The zero-order valence-electron chi connectivity index (χ0n) is 36.3. The number of piperazine rings is 1. The number of carbonyl (C=O) groups is 1. The number of allylic oxidation sites excluding steroid dienone is 1. The molecule has 2 saturated heterocycles. The maximum absolute atomic E-state index is 14.0. The maximum Gasteiger partial charge on any atom is 0.293 e. The summed E-state index contributed by atoms with van der Waals surface area (Å²) >= 11 is 6.25. The molecule has 0 spiro atoms. The van der Waals surface area contributed by atoms with Gasteiger partial charge in [0.25, 0.3) is 21.6 Å². The predicted octanol–water partition coefficient (Wildman–Crippen LogP) is 8.69. The lowest BCUT2D eigenvalue weighted by Gasteiger charge is -2.39. The molecular weight excluding hydrogens is 854 g/mol. The molecule has 0 saturated carbocycles. The molecule has 0 atom stereocenters. The number of rotatable bonds is 15. The van der Waals surface area contributed by atoms with Crippen LogP contribution in [0.25, 0.3) is 16.5 Å². The lowest BCUT2D eigenvalue weighted by atomic mass is 9.72. The number of halogens is 1. The average Bonchev–Trinajstić information content (AvgIpc) is 3.77. The Kier molecular flexibility index (Phi) is 13.6. The molecule has 14 nitrogen and oxygen atoms in total. The topological polar surface area (TPSA) is 173 Å². The smallest absolute Gasteiger partial charge is 0.293 e. The van der Waals surface area contributed by atoms with Crippen LogP contribution in [0, 0.1) is 15.5 Å². The van der Waals surface area contributed by atoms with Gasteiger partial charge >= 0.3 is 0 Å². The van der Waals surface area contributed by atoms with Gasteiger partial charge in [-0.2, -0.15) is 0 Å². The number of likely N-dealkylation sites (tertiary alicyclic amines) is 1. The van der Waals surface area contributed by atoms with Crippen molar-refractivity contribution in [1.29, 1.82) is 0 Å². The third-order valence-electron chi connectivity index (χ3n) is 12.8. The minimum Gasteiger partial charge on any atom is -0.456 e. The van der Waals surface area contributed by atoms with Crippen molar-refractivity contribution >= 4 is 61.1 Å². The number of nitro benzene ring substituents is 1. The van der Waals surface area contributed by atoms with Gasteiger partial charge in [0.2, 0.25) is 0 Å².